The van der Waals surface area contributed by atoms with E-state index < -0.39 is 11.7 Å². The third kappa shape index (κ3) is 4.31. The third-order valence-corrected chi connectivity index (χ3v) is 4.70. The molecule has 1 aliphatic heterocycles. The molecule has 1 aromatic rings. The van der Waals surface area contributed by atoms with Crippen LogP contribution in [0.5, 0.6) is 0 Å². The van der Waals surface area contributed by atoms with E-state index in [0.717, 1.165) is 48.2 Å². The van der Waals surface area contributed by atoms with Crippen molar-refractivity contribution in [3.8, 4) is 0 Å². The number of piperidine rings is 1. The molecule has 0 bridgehead atoms. The summed E-state index contributed by atoms with van der Waals surface area (Å²) in [7, 11) is 0. The molecule has 1 aliphatic rings. The van der Waals surface area contributed by atoms with Gasteiger partial charge in [-0.25, -0.2) is 0 Å². The maximum Gasteiger partial charge on any atom is 0.416 e. The second-order valence-corrected chi connectivity index (χ2v) is 6.22. The van der Waals surface area contributed by atoms with Crippen LogP contribution in [0.15, 0.2) is 23.1 Å². The second-order valence-electron chi connectivity index (χ2n) is 5.08. The Hall–Kier alpha value is -0.880. The predicted molar refractivity (Wildman–Crippen MR) is 76.8 cm³/mol. The lowest BCUT2D eigenvalue weighted by Crippen LogP contribution is -2.27. The first-order valence-corrected chi connectivity index (χ1v) is 7.75. The number of rotatable bonds is 4. The fourth-order valence-corrected chi connectivity index (χ4v) is 3.42. The summed E-state index contributed by atoms with van der Waals surface area (Å²) in [6.07, 6.45) is -0.870. The average molecular weight is 304 g/mol. The first-order chi connectivity index (χ1) is 9.47. The van der Waals surface area contributed by atoms with Crippen LogP contribution in [0.25, 0.3) is 0 Å². The minimum absolute atomic E-state index is 0.218. The number of benzene rings is 1. The largest absolute Gasteiger partial charge is 0.416 e. The number of hydrogen-bond acceptors (Lipinski definition) is 3. The van der Waals surface area contributed by atoms with Crippen LogP contribution in [-0.4, -0.2) is 18.8 Å². The van der Waals surface area contributed by atoms with Gasteiger partial charge in [0.1, 0.15) is 0 Å². The highest BCUT2D eigenvalue weighted by molar-refractivity contribution is 7.99. The molecule has 0 unspecified atom stereocenters. The number of nitrogens with two attached hydrogens (primary N) is 1. The van der Waals surface area contributed by atoms with Crippen LogP contribution in [0.1, 0.15) is 24.8 Å². The molecule has 20 heavy (non-hydrogen) atoms. The summed E-state index contributed by atoms with van der Waals surface area (Å²) in [5, 5.41) is 3.32. The lowest BCUT2D eigenvalue weighted by molar-refractivity contribution is -0.137. The highest BCUT2D eigenvalue weighted by Crippen LogP contribution is 2.34. The summed E-state index contributed by atoms with van der Waals surface area (Å²) in [5.74, 6) is 1.62. The summed E-state index contributed by atoms with van der Waals surface area (Å²) in [6, 6.07) is 3.60. The van der Waals surface area contributed by atoms with Gasteiger partial charge in [0.05, 0.1) is 5.56 Å². The molecule has 0 aromatic heterocycles. The topological polar surface area (TPSA) is 38.0 Å². The standard InChI is InChI=1S/C14H19F3N2S/c15-14(16,17)11-1-2-13(12(18)9-11)20-8-5-10-3-6-19-7-4-10/h1-2,9-10,19H,3-8,18H2. The van der Waals surface area contributed by atoms with Crippen molar-refractivity contribution >= 4 is 17.4 Å². The molecule has 1 fully saturated rings. The van der Waals surface area contributed by atoms with Crippen LogP contribution in [0.2, 0.25) is 0 Å². The van der Waals surface area contributed by atoms with E-state index >= 15 is 0 Å². The van der Waals surface area contributed by atoms with Crippen molar-refractivity contribution in [1.82, 2.24) is 5.32 Å². The molecule has 1 saturated heterocycles. The summed E-state index contributed by atoms with van der Waals surface area (Å²) >= 11 is 1.55. The Balaban J connectivity index is 1.86. The van der Waals surface area contributed by atoms with Crippen molar-refractivity contribution in [3.05, 3.63) is 23.8 Å². The van der Waals surface area contributed by atoms with Crippen LogP contribution in [0, 0.1) is 5.92 Å². The summed E-state index contributed by atoms with van der Waals surface area (Å²) in [5.41, 5.74) is 5.24. The van der Waals surface area contributed by atoms with Crippen LogP contribution in [0.3, 0.4) is 0 Å². The van der Waals surface area contributed by atoms with Crippen molar-refractivity contribution in [3.63, 3.8) is 0 Å². The van der Waals surface area contributed by atoms with E-state index in [4.69, 9.17) is 5.73 Å². The van der Waals surface area contributed by atoms with Gasteiger partial charge in [-0.2, -0.15) is 13.2 Å². The number of halogens is 3. The van der Waals surface area contributed by atoms with Crippen LogP contribution in [-0.2, 0) is 6.18 Å². The van der Waals surface area contributed by atoms with Gasteiger partial charge in [0.15, 0.2) is 0 Å². The van der Waals surface area contributed by atoms with Gasteiger partial charge in [-0.1, -0.05) is 0 Å². The first-order valence-electron chi connectivity index (χ1n) is 6.77. The summed E-state index contributed by atoms with van der Waals surface area (Å²) in [4.78, 5) is 0.743. The Bertz CT molecular complexity index is 443. The van der Waals surface area contributed by atoms with Crippen LogP contribution < -0.4 is 11.1 Å². The van der Waals surface area contributed by atoms with Gasteiger partial charge >= 0.3 is 6.18 Å². The minimum atomic E-state index is -4.33. The van der Waals surface area contributed by atoms with Gasteiger partial charge in [0.25, 0.3) is 0 Å². The lowest BCUT2D eigenvalue weighted by Gasteiger charge is -2.22. The quantitative estimate of drug-likeness (QED) is 0.657. The normalized spacial score (nSPS) is 17.4. The molecule has 6 heteroatoms. The molecule has 2 rings (SSSR count). The molecule has 0 spiro atoms. The molecular formula is C14H19F3N2S. The van der Waals surface area contributed by atoms with Crippen LogP contribution in [0.4, 0.5) is 18.9 Å². The summed E-state index contributed by atoms with van der Waals surface area (Å²) < 4.78 is 37.6. The van der Waals surface area contributed by atoms with Gasteiger partial charge in [-0.15, -0.1) is 11.8 Å². The van der Waals surface area contributed by atoms with Gasteiger partial charge < -0.3 is 11.1 Å². The van der Waals surface area contributed by atoms with Gasteiger partial charge in [0.2, 0.25) is 0 Å². The molecule has 0 radical (unpaired) electrons. The second kappa shape index (κ2) is 6.72. The zero-order valence-electron chi connectivity index (χ0n) is 11.2. The Morgan fingerprint density at radius 1 is 1.25 bits per heavy atom. The summed E-state index contributed by atoms with van der Waals surface area (Å²) in [6.45, 7) is 2.13. The fraction of sp³-hybridized carbons (Fsp3) is 0.571. The number of anilines is 1. The molecule has 0 aliphatic carbocycles. The maximum absolute atomic E-state index is 12.5. The van der Waals surface area contributed by atoms with Crippen molar-refractivity contribution in [1.29, 1.82) is 0 Å². The van der Waals surface area contributed by atoms with E-state index in [1.165, 1.54) is 18.9 Å². The number of alkyl halides is 3. The average Bonchev–Trinajstić information content (AvgIpc) is 2.40. The van der Waals surface area contributed by atoms with E-state index in [1.54, 1.807) is 11.8 Å². The Kier molecular flexibility index (Phi) is 5.21. The molecule has 0 atom stereocenters. The number of hydrogen-bond donors (Lipinski definition) is 2. The first kappa shape index (κ1) is 15.5. The molecule has 1 aromatic carbocycles. The van der Waals surface area contributed by atoms with Crippen molar-refractivity contribution < 1.29 is 13.2 Å². The smallest absolute Gasteiger partial charge is 0.398 e. The highest BCUT2D eigenvalue weighted by atomic mass is 32.2. The number of nitrogens with one attached hydrogen (secondary N) is 1. The highest BCUT2D eigenvalue weighted by Gasteiger charge is 2.30. The molecule has 0 saturated carbocycles. The molecule has 0 amide bonds. The van der Waals surface area contributed by atoms with E-state index in [9.17, 15) is 13.2 Å². The zero-order chi connectivity index (χ0) is 14.6. The van der Waals surface area contributed by atoms with Crippen molar-refractivity contribution in [2.75, 3.05) is 24.6 Å². The minimum Gasteiger partial charge on any atom is -0.398 e. The lowest BCUT2D eigenvalue weighted by atomic mass is 9.96. The third-order valence-electron chi connectivity index (χ3n) is 3.58. The van der Waals surface area contributed by atoms with Gasteiger partial charge in [-0.05, 0) is 62.2 Å². The molecule has 112 valence electrons. The Morgan fingerprint density at radius 2 is 1.95 bits per heavy atom. The van der Waals surface area contributed by atoms with Crippen molar-refractivity contribution in [2.45, 2.75) is 30.3 Å². The van der Waals surface area contributed by atoms with Gasteiger partial charge in [-0.3, -0.25) is 0 Å². The monoisotopic (exact) mass is 304 g/mol. The Morgan fingerprint density at radius 3 is 2.55 bits per heavy atom. The predicted octanol–water partition coefficient (Wildman–Crippen LogP) is 3.77. The number of thioether (sulfide) groups is 1. The van der Waals surface area contributed by atoms with E-state index in [-0.39, 0.29) is 5.69 Å². The van der Waals surface area contributed by atoms with E-state index in [0.29, 0.717) is 0 Å². The van der Waals surface area contributed by atoms with Crippen molar-refractivity contribution in [2.24, 2.45) is 5.92 Å². The SMILES string of the molecule is Nc1cc(C(F)(F)F)ccc1SCCC1CCNCC1. The maximum atomic E-state index is 12.5. The fourth-order valence-electron chi connectivity index (χ4n) is 2.36. The molecule has 3 N–H and O–H groups in total. The molecular weight excluding hydrogens is 285 g/mol. The molecule has 1 heterocycles. The van der Waals surface area contributed by atoms with Gasteiger partial charge in [0, 0.05) is 10.6 Å². The molecule has 2 nitrogen and oxygen atoms in total. The van der Waals surface area contributed by atoms with E-state index in [1.807, 2.05) is 0 Å². The Labute approximate surface area is 121 Å². The van der Waals surface area contributed by atoms with E-state index in [2.05, 4.69) is 5.32 Å². The van der Waals surface area contributed by atoms with Crippen LogP contribution >= 0.6 is 11.8 Å². The zero-order valence-corrected chi connectivity index (χ0v) is 12.0. The number of nitrogen functional groups attached to an aromatic ring is 1.